The molecule has 0 aliphatic carbocycles. The highest BCUT2D eigenvalue weighted by Gasteiger charge is 2.34. The number of nitrogens with one attached hydrogen (secondary N) is 1. The molecule has 1 fully saturated rings. The summed E-state index contributed by atoms with van der Waals surface area (Å²) in [4.78, 5) is 11.0. The van der Waals surface area contributed by atoms with Crippen molar-refractivity contribution in [3.8, 4) is 0 Å². The fourth-order valence-corrected chi connectivity index (χ4v) is 1.79. The van der Waals surface area contributed by atoms with Crippen molar-refractivity contribution in [2.45, 2.75) is 24.9 Å². The van der Waals surface area contributed by atoms with Gasteiger partial charge < -0.3 is 10.1 Å². The third-order valence-corrected chi connectivity index (χ3v) is 2.47. The molecule has 2 rings (SSSR count). The Hall–Kier alpha value is -0.830. The molecule has 3 heteroatoms. The van der Waals surface area contributed by atoms with Gasteiger partial charge in [0.15, 0.2) is 0 Å². The molecule has 66 valence electrons. The molecular formula is C9H13NO2. The molecule has 0 aromatic heterocycles. The molecule has 0 saturated carbocycles. The molecule has 2 aliphatic rings. The van der Waals surface area contributed by atoms with E-state index in [0.717, 1.165) is 25.9 Å². The lowest BCUT2D eigenvalue weighted by molar-refractivity contribution is -0.157. The molecule has 1 spiro atoms. The molecule has 1 saturated heterocycles. The molecule has 2 aliphatic heterocycles. The van der Waals surface area contributed by atoms with Gasteiger partial charge in [0.1, 0.15) is 5.60 Å². The molecular weight excluding hydrogens is 154 g/mol. The fourth-order valence-electron chi connectivity index (χ4n) is 1.79. The first-order chi connectivity index (χ1) is 5.81. The van der Waals surface area contributed by atoms with Crippen LogP contribution in [0.5, 0.6) is 0 Å². The van der Waals surface area contributed by atoms with Crippen LogP contribution in [-0.2, 0) is 9.53 Å². The van der Waals surface area contributed by atoms with Gasteiger partial charge >= 0.3 is 5.97 Å². The quantitative estimate of drug-likeness (QED) is 0.424. The van der Waals surface area contributed by atoms with Gasteiger partial charge in [0.2, 0.25) is 0 Å². The smallest absolute Gasteiger partial charge is 0.310 e. The first-order valence-corrected chi connectivity index (χ1v) is 4.41. The summed E-state index contributed by atoms with van der Waals surface area (Å²) in [6.45, 7) is 1.88. The first-order valence-electron chi connectivity index (χ1n) is 4.41. The van der Waals surface area contributed by atoms with Crippen LogP contribution in [0.4, 0.5) is 0 Å². The number of carbonyl (C=O) groups is 1. The third-order valence-electron chi connectivity index (χ3n) is 2.47. The molecule has 0 aromatic rings. The summed E-state index contributed by atoms with van der Waals surface area (Å²) >= 11 is 0. The van der Waals surface area contributed by atoms with Crippen LogP contribution in [0.3, 0.4) is 0 Å². The van der Waals surface area contributed by atoms with E-state index in [1.54, 1.807) is 0 Å². The van der Waals surface area contributed by atoms with Crippen LogP contribution < -0.4 is 5.32 Å². The van der Waals surface area contributed by atoms with E-state index in [9.17, 15) is 4.79 Å². The highest BCUT2D eigenvalue weighted by molar-refractivity contribution is 5.73. The van der Waals surface area contributed by atoms with Crippen LogP contribution in [0.2, 0.25) is 0 Å². The summed E-state index contributed by atoms with van der Waals surface area (Å²) in [6.07, 6.45) is 6.24. The number of hydrogen-bond donors (Lipinski definition) is 1. The van der Waals surface area contributed by atoms with Crippen LogP contribution in [0.25, 0.3) is 0 Å². The summed E-state index contributed by atoms with van der Waals surface area (Å²) in [5, 5.41) is 3.25. The lowest BCUT2D eigenvalue weighted by atomic mass is 9.90. The highest BCUT2D eigenvalue weighted by atomic mass is 16.6. The fraction of sp³-hybridized carbons (Fsp3) is 0.667. The SMILES string of the molecule is O=C1CC=CC2(CCNCC2)O1. The van der Waals surface area contributed by atoms with Crippen molar-refractivity contribution < 1.29 is 9.53 Å². The Morgan fingerprint density at radius 1 is 1.42 bits per heavy atom. The average molecular weight is 167 g/mol. The van der Waals surface area contributed by atoms with Crippen molar-refractivity contribution in [2.24, 2.45) is 0 Å². The molecule has 0 amide bonds. The van der Waals surface area contributed by atoms with Crippen molar-refractivity contribution in [2.75, 3.05) is 13.1 Å². The van der Waals surface area contributed by atoms with Gasteiger partial charge in [-0.2, -0.15) is 0 Å². The maximum absolute atomic E-state index is 11.0. The number of ether oxygens (including phenoxy) is 1. The minimum atomic E-state index is -0.263. The monoisotopic (exact) mass is 167 g/mol. The summed E-state index contributed by atoms with van der Waals surface area (Å²) in [5.74, 6) is -0.0839. The van der Waals surface area contributed by atoms with E-state index in [2.05, 4.69) is 11.4 Å². The molecule has 0 bridgehead atoms. The Morgan fingerprint density at radius 3 is 2.83 bits per heavy atom. The first kappa shape index (κ1) is 7.80. The predicted molar refractivity (Wildman–Crippen MR) is 44.7 cm³/mol. The van der Waals surface area contributed by atoms with Crippen LogP contribution in [0.1, 0.15) is 19.3 Å². The minimum absolute atomic E-state index is 0.0839. The maximum atomic E-state index is 11.0. The second kappa shape index (κ2) is 2.90. The van der Waals surface area contributed by atoms with Crippen LogP contribution in [0.15, 0.2) is 12.2 Å². The second-order valence-corrected chi connectivity index (χ2v) is 3.40. The summed E-state index contributed by atoms with van der Waals surface area (Å²) in [7, 11) is 0. The molecule has 0 atom stereocenters. The average Bonchev–Trinajstić information content (AvgIpc) is 2.05. The number of esters is 1. The van der Waals surface area contributed by atoms with E-state index in [-0.39, 0.29) is 11.6 Å². The zero-order valence-electron chi connectivity index (χ0n) is 7.01. The molecule has 12 heavy (non-hydrogen) atoms. The molecule has 2 heterocycles. The summed E-state index contributed by atoms with van der Waals surface area (Å²) in [6, 6.07) is 0. The van der Waals surface area contributed by atoms with E-state index in [4.69, 9.17) is 4.74 Å². The van der Waals surface area contributed by atoms with Crippen molar-refractivity contribution >= 4 is 5.97 Å². The standard InChI is InChI=1S/C9H13NO2/c11-8-2-1-3-9(12-8)4-6-10-7-5-9/h1,3,10H,2,4-7H2. The van der Waals surface area contributed by atoms with Gasteiger partial charge in [-0.1, -0.05) is 6.08 Å². The van der Waals surface area contributed by atoms with Crippen molar-refractivity contribution in [1.82, 2.24) is 5.32 Å². The van der Waals surface area contributed by atoms with Gasteiger partial charge in [-0.3, -0.25) is 4.79 Å². The largest absolute Gasteiger partial charge is 0.454 e. The number of rotatable bonds is 0. The van der Waals surface area contributed by atoms with Crippen molar-refractivity contribution in [3.63, 3.8) is 0 Å². The Bertz CT molecular complexity index is 217. The van der Waals surface area contributed by atoms with E-state index < -0.39 is 0 Å². The third kappa shape index (κ3) is 1.37. The molecule has 0 aromatic carbocycles. The minimum Gasteiger partial charge on any atom is -0.454 e. The van der Waals surface area contributed by atoms with Gasteiger partial charge in [-0.15, -0.1) is 0 Å². The lowest BCUT2D eigenvalue weighted by Crippen LogP contribution is -2.45. The molecule has 1 N–H and O–H groups in total. The summed E-state index contributed by atoms with van der Waals surface area (Å²) in [5.41, 5.74) is -0.263. The Labute approximate surface area is 71.8 Å². The van der Waals surface area contributed by atoms with Gasteiger partial charge in [0.05, 0.1) is 6.42 Å². The van der Waals surface area contributed by atoms with E-state index in [1.165, 1.54) is 0 Å². The van der Waals surface area contributed by atoms with Crippen molar-refractivity contribution in [3.05, 3.63) is 12.2 Å². The number of carbonyl (C=O) groups excluding carboxylic acids is 1. The zero-order valence-corrected chi connectivity index (χ0v) is 7.01. The molecule has 0 unspecified atom stereocenters. The molecule has 0 radical (unpaired) electrons. The molecule has 3 nitrogen and oxygen atoms in total. The van der Waals surface area contributed by atoms with E-state index in [0.29, 0.717) is 6.42 Å². The second-order valence-electron chi connectivity index (χ2n) is 3.40. The zero-order chi connectivity index (χ0) is 8.44. The predicted octanol–water partition coefficient (Wildman–Crippen LogP) is 0.612. The van der Waals surface area contributed by atoms with E-state index in [1.807, 2.05) is 6.08 Å². The van der Waals surface area contributed by atoms with Gasteiger partial charge in [0, 0.05) is 12.8 Å². The van der Waals surface area contributed by atoms with Crippen LogP contribution >= 0.6 is 0 Å². The van der Waals surface area contributed by atoms with Crippen LogP contribution in [-0.4, -0.2) is 24.7 Å². The summed E-state index contributed by atoms with van der Waals surface area (Å²) < 4.78 is 5.35. The maximum Gasteiger partial charge on any atom is 0.310 e. The number of hydrogen-bond acceptors (Lipinski definition) is 3. The Kier molecular flexibility index (Phi) is 1.89. The van der Waals surface area contributed by atoms with Gasteiger partial charge in [0.25, 0.3) is 0 Å². The Morgan fingerprint density at radius 2 is 2.17 bits per heavy atom. The highest BCUT2D eigenvalue weighted by Crippen LogP contribution is 2.28. The Balaban J connectivity index is 2.12. The van der Waals surface area contributed by atoms with Gasteiger partial charge in [-0.25, -0.2) is 0 Å². The normalized spacial score (nSPS) is 27.2. The topological polar surface area (TPSA) is 38.3 Å². The lowest BCUT2D eigenvalue weighted by Gasteiger charge is -2.36. The number of piperidine rings is 1. The van der Waals surface area contributed by atoms with Crippen molar-refractivity contribution in [1.29, 1.82) is 0 Å². The van der Waals surface area contributed by atoms with Gasteiger partial charge in [-0.05, 0) is 19.2 Å². The van der Waals surface area contributed by atoms with Crippen LogP contribution in [0, 0.1) is 0 Å². The van der Waals surface area contributed by atoms with E-state index >= 15 is 0 Å².